The third-order valence-corrected chi connectivity index (χ3v) is 4.43. The van der Waals surface area contributed by atoms with Gasteiger partial charge in [0.25, 0.3) is 0 Å². The van der Waals surface area contributed by atoms with Crippen molar-refractivity contribution in [3.05, 3.63) is 46.1 Å². The van der Waals surface area contributed by atoms with Crippen LogP contribution in [0.15, 0.2) is 35.5 Å². The maximum atomic E-state index is 12.4. The molecule has 1 aromatic carbocycles. The van der Waals surface area contributed by atoms with E-state index in [0.29, 0.717) is 22.9 Å². The molecule has 1 unspecified atom stereocenters. The summed E-state index contributed by atoms with van der Waals surface area (Å²) >= 11 is 7.72. The number of benzene rings is 1. The molecule has 1 heterocycles. The summed E-state index contributed by atoms with van der Waals surface area (Å²) in [6, 6.07) is 6.13. The van der Waals surface area contributed by atoms with Gasteiger partial charge in [-0.1, -0.05) is 30.7 Å². The monoisotopic (exact) mass is 354 g/mol. The SMILES string of the molecule is CCSCCOC(=O)C1=C(C)NC(=O)NC1c1cccc(Cl)c1. The highest BCUT2D eigenvalue weighted by atomic mass is 35.5. The van der Waals surface area contributed by atoms with Gasteiger partial charge in [-0.05, 0) is 30.4 Å². The lowest BCUT2D eigenvalue weighted by Crippen LogP contribution is -2.45. The number of thioether (sulfide) groups is 1. The maximum absolute atomic E-state index is 12.4. The second-order valence-corrected chi connectivity index (χ2v) is 6.79. The molecule has 0 saturated heterocycles. The molecule has 1 atom stereocenters. The lowest BCUT2D eigenvalue weighted by Gasteiger charge is -2.28. The number of carbonyl (C=O) groups is 2. The molecule has 7 heteroatoms. The van der Waals surface area contributed by atoms with Gasteiger partial charge < -0.3 is 15.4 Å². The summed E-state index contributed by atoms with van der Waals surface area (Å²) < 4.78 is 5.33. The Morgan fingerprint density at radius 2 is 2.22 bits per heavy atom. The van der Waals surface area contributed by atoms with E-state index in [1.165, 1.54) is 0 Å². The van der Waals surface area contributed by atoms with Crippen molar-refractivity contribution in [1.82, 2.24) is 10.6 Å². The molecule has 1 aliphatic rings. The summed E-state index contributed by atoms with van der Waals surface area (Å²) in [4.78, 5) is 24.2. The molecule has 23 heavy (non-hydrogen) atoms. The summed E-state index contributed by atoms with van der Waals surface area (Å²) in [7, 11) is 0. The smallest absolute Gasteiger partial charge is 0.338 e. The number of hydrogen-bond donors (Lipinski definition) is 2. The van der Waals surface area contributed by atoms with Crippen LogP contribution in [0.4, 0.5) is 4.79 Å². The summed E-state index contributed by atoms with van der Waals surface area (Å²) in [5.41, 5.74) is 1.63. The molecule has 0 saturated carbocycles. The largest absolute Gasteiger partial charge is 0.461 e. The molecule has 2 rings (SSSR count). The predicted octanol–water partition coefficient (Wildman–Crippen LogP) is 3.26. The number of halogens is 1. The second-order valence-electron chi connectivity index (χ2n) is 4.96. The van der Waals surface area contributed by atoms with Crippen LogP contribution in [-0.2, 0) is 9.53 Å². The fraction of sp³-hybridized carbons (Fsp3) is 0.375. The van der Waals surface area contributed by atoms with E-state index in [1.807, 2.05) is 6.07 Å². The zero-order valence-corrected chi connectivity index (χ0v) is 14.6. The Morgan fingerprint density at radius 1 is 1.43 bits per heavy atom. The summed E-state index contributed by atoms with van der Waals surface area (Å²) in [6.07, 6.45) is 0. The van der Waals surface area contributed by atoms with Gasteiger partial charge >= 0.3 is 12.0 Å². The molecule has 0 spiro atoms. The standard InChI is InChI=1S/C16H19ClN2O3S/c1-3-23-8-7-22-15(20)13-10(2)18-16(21)19-14(13)11-5-4-6-12(17)9-11/h4-6,9,14H,3,7-8H2,1-2H3,(H2,18,19,21). The first-order valence-electron chi connectivity index (χ1n) is 7.31. The van der Waals surface area contributed by atoms with E-state index >= 15 is 0 Å². The lowest BCUT2D eigenvalue weighted by atomic mass is 9.96. The van der Waals surface area contributed by atoms with E-state index in [4.69, 9.17) is 16.3 Å². The number of esters is 1. The quantitative estimate of drug-likeness (QED) is 0.607. The number of allylic oxidation sites excluding steroid dienone is 1. The number of amides is 2. The van der Waals surface area contributed by atoms with Crippen LogP contribution in [0.25, 0.3) is 0 Å². The van der Waals surface area contributed by atoms with Gasteiger partial charge in [0, 0.05) is 16.5 Å². The first kappa shape index (κ1) is 17.7. The van der Waals surface area contributed by atoms with Crippen LogP contribution in [-0.4, -0.2) is 30.1 Å². The Kier molecular flexibility index (Phi) is 6.36. The van der Waals surface area contributed by atoms with Crippen molar-refractivity contribution in [2.24, 2.45) is 0 Å². The van der Waals surface area contributed by atoms with Gasteiger partial charge in [0.05, 0.1) is 11.6 Å². The van der Waals surface area contributed by atoms with Crippen LogP contribution in [0.1, 0.15) is 25.5 Å². The van der Waals surface area contributed by atoms with Crippen LogP contribution in [0.5, 0.6) is 0 Å². The Morgan fingerprint density at radius 3 is 2.91 bits per heavy atom. The molecular weight excluding hydrogens is 336 g/mol. The minimum atomic E-state index is -0.575. The van der Waals surface area contributed by atoms with E-state index in [9.17, 15) is 9.59 Å². The Labute approximate surface area is 144 Å². The molecule has 2 amide bonds. The zero-order valence-electron chi connectivity index (χ0n) is 13.0. The van der Waals surface area contributed by atoms with Gasteiger partial charge in [-0.2, -0.15) is 11.8 Å². The van der Waals surface area contributed by atoms with Crippen molar-refractivity contribution in [2.75, 3.05) is 18.1 Å². The van der Waals surface area contributed by atoms with Gasteiger partial charge in [0.15, 0.2) is 0 Å². The topological polar surface area (TPSA) is 67.4 Å². The van der Waals surface area contributed by atoms with Crippen LogP contribution in [0.3, 0.4) is 0 Å². The third-order valence-electron chi connectivity index (χ3n) is 3.34. The second kappa shape index (κ2) is 8.26. The van der Waals surface area contributed by atoms with Crippen molar-refractivity contribution in [3.63, 3.8) is 0 Å². The highest BCUT2D eigenvalue weighted by molar-refractivity contribution is 7.99. The highest BCUT2D eigenvalue weighted by Gasteiger charge is 2.32. The molecule has 0 aromatic heterocycles. The minimum Gasteiger partial charge on any atom is -0.461 e. The molecule has 124 valence electrons. The van der Waals surface area contributed by atoms with E-state index < -0.39 is 12.0 Å². The Hall–Kier alpha value is -1.66. The lowest BCUT2D eigenvalue weighted by molar-refractivity contribution is -0.138. The number of nitrogens with one attached hydrogen (secondary N) is 2. The molecule has 0 aliphatic carbocycles. The number of rotatable bonds is 6. The number of hydrogen-bond acceptors (Lipinski definition) is 4. The minimum absolute atomic E-state index is 0.338. The van der Waals surface area contributed by atoms with Gasteiger partial charge in [-0.25, -0.2) is 9.59 Å². The van der Waals surface area contributed by atoms with Crippen molar-refractivity contribution < 1.29 is 14.3 Å². The van der Waals surface area contributed by atoms with Crippen LogP contribution in [0.2, 0.25) is 5.02 Å². The van der Waals surface area contributed by atoms with Crippen LogP contribution < -0.4 is 10.6 Å². The predicted molar refractivity (Wildman–Crippen MR) is 92.5 cm³/mol. The van der Waals surface area contributed by atoms with Crippen molar-refractivity contribution in [1.29, 1.82) is 0 Å². The molecule has 1 aliphatic heterocycles. The molecule has 0 radical (unpaired) electrons. The van der Waals surface area contributed by atoms with E-state index in [0.717, 1.165) is 17.1 Å². The average Bonchev–Trinajstić information content (AvgIpc) is 2.50. The summed E-state index contributed by atoms with van der Waals surface area (Å²) in [5, 5.41) is 5.91. The molecular formula is C16H19ClN2O3S. The van der Waals surface area contributed by atoms with Gasteiger partial charge in [0.1, 0.15) is 6.61 Å². The first-order chi connectivity index (χ1) is 11.0. The highest BCUT2D eigenvalue weighted by Crippen LogP contribution is 2.29. The zero-order chi connectivity index (χ0) is 16.8. The van der Waals surface area contributed by atoms with Crippen LogP contribution >= 0.6 is 23.4 Å². The normalized spacial score (nSPS) is 17.5. The summed E-state index contributed by atoms with van der Waals surface area (Å²) in [6.45, 7) is 4.08. The molecule has 0 bridgehead atoms. The van der Waals surface area contributed by atoms with Gasteiger partial charge in [-0.15, -0.1) is 0 Å². The average molecular weight is 355 g/mol. The van der Waals surface area contributed by atoms with Crippen molar-refractivity contribution in [3.8, 4) is 0 Å². The number of carbonyl (C=O) groups excluding carboxylic acids is 2. The van der Waals surface area contributed by atoms with Crippen LogP contribution in [0, 0.1) is 0 Å². The maximum Gasteiger partial charge on any atom is 0.338 e. The van der Waals surface area contributed by atoms with Gasteiger partial charge in [-0.3, -0.25) is 0 Å². The van der Waals surface area contributed by atoms with Crippen molar-refractivity contribution in [2.45, 2.75) is 19.9 Å². The van der Waals surface area contributed by atoms with E-state index in [2.05, 4.69) is 17.6 Å². The fourth-order valence-corrected chi connectivity index (χ4v) is 3.00. The fourth-order valence-electron chi connectivity index (χ4n) is 2.32. The molecule has 1 aromatic rings. The molecule has 2 N–H and O–H groups in total. The van der Waals surface area contributed by atoms with Crippen molar-refractivity contribution >= 4 is 35.4 Å². The summed E-state index contributed by atoms with van der Waals surface area (Å²) in [5.74, 6) is 1.29. The number of ether oxygens (including phenoxy) is 1. The Balaban J connectivity index is 2.22. The molecule has 0 fully saturated rings. The number of urea groups is 1. The van der Waals surface area contributed by atoms with Gasteiger partial charge in [0.2, 0.25) is 0 Å². The first-order valence-corrected chi connectivity index (χ1v) is 8.84. The van der Waals surface area contributed by atoms with E-state index in [1.54, 1.807) is 36.9 Å². The molecule has 5 nitrogen and oxygen atoms in total. The third kappa shape index (κ3) is 4.65. The van der Waals surface area contributed by atoms with E-state index in [-0.39, 0.29) is 6.03 Å². The Bertz CT molecular complexity index is 634.